The van der Waals surface area contributed by atoms with Crippen LogP contribution in [0.5, 0.6) is 0 Å². The summed E-state index contributed by atoms with van der Waals surface area (Å²) in [7, 11) is 6.32. The lowest BCUT2D eigenvalue weighted by molar-refractivity contribution is -0.349. The van der Waals surface area contributed by atoms with Crippen molar-refractivity contribution in [3.8, 4) is 5.69 Å². The Morgan fingerprint density at radius 3 is 1.15 bits per heavy atom. The fourth-order valence-electron chi connectivity index (χ4n) is 5.02. The number of aryl methyl sites for hydroxylation is 4. The number of nitrogens with zero attached hydrogens (tertiary/aromatic N) is 2. The first-order valence-electron chi connectivity index (χ1n) is 15.0. The summed E-state index contributed by atoms with van der Waals surface area (Å²) in [5.74, 6) is 5.09. The maximum absolute atomic E-state index is 14.1. The molecule has 0 atom stereocenters. The SMILES string of the molecule is COC(CC(OC)OC)OC.Cc1cc(C(F)(C(F)(F)F)C(F)(F)F)cc(C)c1-n1cccn1.Cc1cc(C(F)(C(F)(F)F)C(F)(F)F)cc(C)c1NN. The van der Waals surface area contributed by atoms with Gasteiger partial charge in [-0.25, -0.2) is 13.5 Å². The molecule has 54 heavy (non-hydrogen) atoms. The summed E-state index contributed by atoms with van der Waals surface area (Å²) in [6.07, 6.45) is -21.6. The van der Waals surface area contributed by atoms with Gasteiger partial charge in [-0.05, 0) is 56.0 Å². The van der Waals surface area contributed by atoms with Crippen LogP contribution in [0.4, 0.5) is 67.2 Å². The Bertz CT molecular complexity index is 1530. The summed E-state index contributed by atoms with van der Waals surface area (Å²) in [5, 5.41) is 3.88. The molecule has 308 valence electrons. The molecule has 3 aromatic rings. The Morgan fingerprint density at radius 1 is 0.593 bits per heavy atom. The number of ether oxygens (including phenoxy) is 4. The second kappa shape index (κ2) is 18.3. The van der Waals surface area contributed by atoms with Crippen molar-refractivity contribution >= 4 is 5.69 Å². The minimum Gasteiger partial charge on any atom is -0.356 e. The van der Waals surface area contributed by atoms with Crippen molar-refractivity contribution in [1.82, 2.24) is 9.78 Å². The average molecular weight is 809 g/mol. The Morgan fingerprint density at radius 2 is 0.907 bits per heavy atom. The number of anilines is 1. The zero-order valence-electron chi connectivity index (χ0n) is 29.8. The normalized spacial score (nSPS) is 13.1. The molecule has 0 saturated heterocycles. The van der Waals surface area contributed by atoms with Crippen molar-refractivity contribution in [2.75, 3.05) is 33.9 Å². The Labute approximate surface area is 300 Å². The third kappa shape index (κ3) is 10.5. The predicted octanol–water partition coefficient (Wildman–Crippen LogP) is 9.27. The molecule has 2 aromatic carbocycles. The van der Waals surface area contributed by atoms with E-state index in [1.165, 1.54) is 50.8 Å². The molecule has 0 bridgehead atoms. The summed E-state index contributed by atoms with van der Waals surface area (Å²) < 4.78 is 201. The van der Waals surface area contributed by atoms with Crippen molar-refractivity contribution in [3.63, 3.8) is 0 Å². The fraction of sp³-hybridized carbons (Fsp3) is 0.531. The molecular formula is C32H38F14N4O4. The minimum absolute atomic E-state index is 0.0296. The first-order valence-corrected chi connectivity index (χ1v) is 15.0. The molecule has 0 aliphatic rings. The van der Waals surface area contributed by atoms with Crippen LogP contribution in [0.1, 0.15) is 39.8 Å². The maximum atomic E-state index is 14.1. The van der Waals surface area contributed by atoms with Crippen LogP contribution < -0.4 is 11.3 Å². The van der Waals surface area contributed by atoms with Crippen LogP contribution in [0.3, 0.4) is 0 Å². The summed E-state index contributed by atoms with van der Waals surface area (Å²) in [5.41, 5.74) is -11.3. The number of nitrogens with two attached hydrogens (primary N) is 1. The minimum atomic E-state index is -6.13. The van der Waals surface area contributed by atoms with E-state index < -0.39 is 47.2 Å². The van der Waals surface area contributed by atoms with Crippen LogP contribution in [0, 0.1) is 27.7 Å². The van der Waals surface area contributed by atoms with Gasteiger partial charge in [-0.2, -0.15) is 57.8 Å². The lowest BCUT2D eigenvalue weighted by Crippen LogP contribution is -2.50. The number of hydrazine groups is 1. The van der Waals surface area contributed by atoms with Crippen LogP contribution >= 0.6 is 0 Å². The Balaban J connectivity index is 0.000000431. The van der Waals surface area contributed by atoms with E-state index in [4.69, 9.17) is 24.8 Å². The summed E-state index contributed by atoms with van der Waals surface area (Å²) >= 11 is 0. The zero-order valence-corrected chi connectivity index (χ0v) is 29.8. The van der Waals surface area contributed by atoms with Crippen LogP contribution in [-0.2, 0) is 30.3 Å². The molecule has 1 heterocycles. The van der Waals surface area contributed by atoms with Gasteiger partial charge < -0.3 is 24.4 Å². The molecule has 1 aromatic heterocycles. The van der Waals surface area contributed by atoms with Crippen molar-refractivity contribution < 1.29 is 80.4 Å². The lowest BCUT2D eigenvalue weighted by Gasteiger charge is -2.31. The molecule has 0 saturated carbocycles. The molecule has 8 nitrogen and oxygen atoms in total. The third-order valence-corrected chi connectivity index (χ3v) is 7.70. The monoisotopic (exact) mass is 808 g/mol. The first kappa shape index (κ1) is 48.3. The van der Waals surface area contributed by atoms with E-state index in [2.05, 4.69) is 10.5 Å². The number of rotatable bonds is 10. The largest absolute Gasteiger partial charge is 0.435 e. The van der Waals surface area contributed by atoms with Crippen molar-refractivity contribution in [3.05, 3.63) is 76.1 Å². The number of hydrogen-bond donors (Lipinski definition) is 2. The molecule has 22 heteroatoms. The van der Waals surface area contributed by atoms with Gasteiger partial charge in [-0.15, -0.1) is 0 Å². The second-order valence-corrected chi connectivity index (χ2v) is 11.4. The highest BCUT2D eigenvalue weighted by Gasteiger charge is 2.74. The summed E-state index contributed by atoms with van der Waals surface area (Å²) in [4.78, 5) is 0. The van der Waals surface area contributed by atoms with Gasteiger partial charge in [0.15, 0.2) is 12.6 Å². The number of hydrogen-bond acceptors (Lipinski definition) is 7. The van der Waals surface area contributed by atoms with Gasteiger partial charge in [0.2, 0.25) is 0 Å². The van der Waals surface area contributed by atoms with Gasteiger partial charge in [-0.3, -0.25) is 5.84 Å². The lowest BCUT2D eigenvalue weighted by atomic mass is 9.90. The number of nitrogens with one attached hydrogen (secondary N) is 1. The van der Waals surface area contributed by atoms with Crippen LogP contribution in [0.25, 0.3) is 5.69 Å². The second-order valence-electron chi connectivity index (χ2n) is 11.4. The molecule has 0 fully saturated rings. The number of methoxy groups -OCH3 is 4. The standard InChI is InChI=1S/C14H11F7N2.C11H11F7N2.C7H16O4/c1-8-6-10(12(15,13(16,17)18)14(19,20)21)7-9(2)11(8)23-5-3-4-22-23;1-5-3-7(4-6(2)8(5)20-19)9(12,10(13,14)15)11(16,17)18;1-8-6(9-2)5-7(10-3)11-4/h3-7H,1-2H3;3-4,20H,19H2,1-2H3;6-7H,5H2,1-4H3. The van der Waals surface area contributed by atoms with Crippen LogP contribution in [0.15, 0.2) is 42.7 Å². The van der Waals surface area contributed by atoms with Gasteiger partial charge in [0.05, 0.1) is 11.4 Å². The molecular weight excluding hydrogens is 770 g/mol. The molecule has 0 amide bonds. The van der Waals surface area contributed by atoms with Crippen molar-refractivity contribution in [1.29, 1.82) is 0 Å². The number of alkyl halides is 14. The molecule has 0 unspecified atom stereocenters. The van der Waals surface area contributed by atoms with E-state index in [1.807, 2.05) is 0 Å². The summed E-state index contributed by atoms with van der Waals surface area (Å²) in [6, 6.07) is 3.58. The van der Waals surface area contributed by atoms with E-state index in [0.29, 0.717) is 36.4 Å². The van der Waals surface area contributed by atoms with Gasteiger partial charge in [0, 0.05) is 58.4 Å². The number of halogens is 14. The van der Waals surface area contributed by atoms with Gasteiger partial charge in [0.25, 0.3) is 0 Å². The number of aromatic nitrogens is 2. The number of benzene rings is 2. The van der Waals surface area contributed by atoms with E-state index in [0.717, 1.165) is 0 Å². The van der Waals surface area contributed by atoms with Gasteiger partial charge in [0.1, 0.15) is 0 Å². The van der Waals surface area contributed by atoms with E-state index >= 15 is 0 Å². The van der Waals surface area contributed by atoms with Gasteiger partial charge >= 0.3 is 36.0 Å². The Kier molecular flexibility index (Phi) is 16.3. The summed E-state index contributed by atoms with van der Waals surface area (Å²) in [6.45, 7) is 5.03. The van der Waals surface area contributed by atoms with Crippen molar-refractivity contribution in [2.24, 2.45) is 5.84 Å². The third-order valence-electron chi connectivity index (χ3n) is 7.70. The molecule has 0 aliphatic heterocycles. The molecule has 0 spiro atoms. The highest BCUT2D eigenvalue weighted by atomic mass is 19.4. The Hall–Kier alpha value is -3.73. The maximum Gasteiger partial charge on any atom is 0.435 e. The topological polar surface area (TPSA) is 92.8 Å². The van der Waals surface area contributed by atoms with Crippen LogP contribution in [0.2, 0.25) is 0 Å². The van der Waals surface area contributed by atoms with E-state index in [1.54, 1.807) is 28.4 Å². The molecule has 0 aliphatic carbocycles. The van der Waals surface area contributed by atoms with Crippen LogP contribution in [-0.4, -0.2) is 75.5 Å². The van der Waals surface area contributed by atoms with E-state index in [-0.39, 0.29) is 40.5 Å². The molecule has 3 rings (SSSR count). The van der Waals surface area contributed by atoms with E-state index in [9.17, 15) is 61.5 Å². The fourth-order valence-corrected chi connectivity index (χ4v) is 5.02. The number of nitrogen functional groups attached to an aromatic ring is 1. The predicted molar refractivity (Wildman–Crippen MR) is 167 cm³/mol. The average Bonchev–Trinajstić information content (AvgIpc) is 3.57. The first-order chi connectivity index (χ1) is 24.5. The smallest absolute Gasteiger partial charge is 0.356 e. The molecule has 0 radical (unpaired) electrons. The zero-order chi connectivity index (χ0) is 42.3. The molecule has 3 N–H and O–H groups in total. The van der Waals surface area contributed by atoms with Crippen molar-refractivity contribution in [2.45, 2.75) is 82.7 Å². The quantitative estimate of drug-likeness (QED) is 0.0914. The van der Waals surface area contributed by atoms with Gasteiger partial charge in [-0.1, -0.05) is 24.3 Å². The highest BCUT2D eigenvalue weighted by molar-refractivity contribution is 5.58. The highest BCUT2D eigenvalue weighted by Crippen LogP contribution is 2.55.